The highest BCUT2D eigenvalue weighted by atomic mass is 19.2. The van der Waals surface area contributed by atoms with E-state index in [0.717, 1.165) is 0 Å². The summed E-state index contributed by atoms with van der Waals surface area (Å²) in [4.78, 5) is 0. The fraction of sp³-hybridized carbons (Fsp3) is 0.400. The molecule has 0 aromatic heterocycles. The van der Waals surface area contributed by atoms with Gasteiger partial charge in [0.25, 0.3) is 0 Å². The molecule has 0 bridgehead atoms. The summed E-state index contributed by atoms with van der Waals surface area (Å²) in [6.45, 7) is 0. The zero-order valence-electron chi connectivity index (χ0n) is 8.11. The van der Waals surface area contributed by atoms with Crippen molar-refractivity contribution >= 4 is 0 Å². The normalized spacial score (nSPS) is 29.0. The smallest absolute Gasteiger partial charge is 0.167 e. The zero-order valence-corrected chi connectivity index (χ0v) is 8.11. The van der Waals surface area contributed by atoms with E-state index in [2.05, 4.69) is 0 Å². The maximum Gasteiger partial charge on any atom is 0.167 e. The van der Waals surface area contributed by atoms with Gasteiger partial charge in [0.05, 0.1) is 11.6 Å². The van der Waals surface area contributed by atoms with Crippen LogP contribution in [0.5, 0.6) is 0 Å². The molecular weight excluding hydrogens is 226 g/mol. The monoisotopic (exact) mass is 235 g/mol. The quantitative estimate of drug-likeness (QED) is 0.573. The summed E-state index contributed by atoms with van der Waals surface area (Å²) in [6.07, 6.45) is -1.04. The van der Waals surface area contributed by atoms with Crippen molar-refractivity contribution in [1.29, 1.82) is 0 Å². The van der Waals surface area contributed by atoms with Gasteiger partial charge in [-0.2, -0.15) is 0 Å². The number of aliphatic hydroxyl groups is 1. The van der Waals surface area contributed by atoms with Crippen LogP contribution >= 0.6 is 0 Å². The average molecular weight is 235 g/mol. The molecule has 0 atom stereocenters. The van der Waals surface area contributed by atoms with Crippen LogP contribution in [-0.4, -0.2) is 11.2 Å². The molecule has 16 heavy (non-hydrogen) atoms. The maximum atomic E-state index is 13.3. The zero-order chi connectivity index (χ0) is 12.1. The first-order valence-electron chi connectivity index (χ1n) is 4.65. The molecule has 0 spiro atoms. The fourth-order valence-corrected chi connectivity index (χ4v) is 2.00. The molecule has 1 aliphatic rings. The van der Waals surface area contributed by atoms with E-state index in [1.54, 1.807) is 0 Å². The van der Waals surface area contributed by atoms with Crippen LogP contribution in [0.2, 0.25) is 0 Å². The number of rotatable bonds is 1. The Bertz CT molecular complexity index is 417. The van der Waals surface area contributed by atoms with Crippen LogP contribution in [0.3, 0.4) is 0 Å². The molecule has 88 valence electrons. The van der Waals surface area contributed by atoms with Crippen LogP contribution in [0.4, 0.5) is 17.6 Å². The van der Waals surface area contributed by atoms with E-state index >= 15 is 0 Å². The molecular formula is C10H9F4NO. The number of hydrogen-bond acceptors (Lipinski definition) is 2. The lowest BCUT2D eigenvalue weighted by Crippen LogP contribution is -2.53. The maximum absolute atomic E-state index is 13.3. The van der Waals surface area contributed by atoms with Gasteiger partial charge in [0, 0.05) is 11.6 Å². The summed E-state index contributed by atoms with van der Waals surface area (Å²) in [5.41, 5.74) is 3.23. The van der Waals surface area contributed by atoms with Gasteiger partial charge in [-0.15, -0.1) is 0 Å². The Balaban J connectivity index is 2.56. The minimum Gasteiger partial charge on any atom is -0.393 e. The topological polar surface area (TPSA) is 46.2 Å². The average Bonchev–Trinajstić information content (AvgIpc) is 2.13. The van der Waals surface area contributed by atoms with Gasteiger partial charge in [0.15, 0.2) is 23.3 Å². The standard InChI is InChI=1S/C10H9F4NO/c11-5-1-6(12)9(14)7(8(5)13)10(15)2-4(16)3-10/h1,4,16H,2-3,15H2. The summed E-state index contributed by atoms with van der Waals surface area (Å²) >= 11 is 0. The minimum atomic E-state index is -1.53. The Morgan fingerprint density at radius 3 is 1.94 bits per heavy atom. The SMILES string of the molecule is NC1(c2c(F)c(F)cc(F)c2F)CC(O)C1. The molecule has 1 aromatic carbocycles. The molecule has 2 nitrogen and oxygen atoms in total. The second-order valence-corrected chi connectivity index (χ2v) is 4.06. The van der Waals surface area contributed by atoms with Gasteiger partial charge >= 0.3 is 0 Å². The van der Waals surface area contributed by atoms with Gasteiger partial charge in [0.2, 0.25) is 0 Å². The largest absolute Gasteiger partial charge is 0.393 e. The second kappa shape index (κ2) is 3.43. The van der Waals surface area contributed by atoms with Crippen molar-refractivity contribution in [2.45, 2.75) is 24.5 Å². The lowest BCUT2D eigenvalue weighted by atomic mass is 9.70. The number of aliphatic hydroxyl groups excluding tert-OH is 1. The van der Waals surface area contributed by atoms with Crippen LogP contribution in [0, 0.1) is 23.3 Å². The van der Waals surface area contributed by atoms with Gasteiger partial charge in [-0.3, -0.25) is 0 Å². The van der Waals surface area contributed by atoms with Crippen molar-refractivity contribution in [2.24, 2.45) is 5.73 Å². The van der Waals surface area contributed by atoms with Crippen LogP contribution in [0.25, 0.3) is 0 Å². The van der Waals surface area contributed by atoms with Crippen molar-refractivity contribution in [3.8, 4) is 0 Å². The van der Waals surface area contributed by atoms with E-state index in [1.165, 1.54) is 0 Å². The highest BCUT2D eigenvalue weighted by Gasteiger charge is 2.46. The van der Waals surface area contributed by atoms with Crippen molar-refractivity contribution in [3.05, 3.63) is 34.9 Å². The second-order valence-electron chi connectivity index (χ2n) is 4.06. The van der Waals surface area contributed by atoms with Crippen molar-refractivity contribution in [2.75, 3.05) is 0 Å². The third kappa shape index (κ3) is 1.49. The van der Waals surface area contributed by atoms with Crippen LogP contribution in [0.1, 0.15) is 18.4 Å². The third-order valence-electron chi connectivity index (χ3n) is 2.81. The molecule has 0 aliphatic heterocycles. The Hall–Kier alpha value is -1.14. The van der Waals surface area contributed by atoms with E-state index in [-0.39, 0.29) is 18.9 Å². The number of benzene rings is 1. The highest BCUT2D eigenvalue weighted by molar-refractivity contribution is 5.32. The summed E-state index contributed by atoms with van der Waals surface area (Å²) < 4.78 is 52.5. The summed E-state index contributed by atoms with van der Waals surface area (Å²) in [6, 6.07) is 0.132. The molecule has 0 unspecified atom stereocenters. The molecule has 0 amide bonds. The summed E-state index contributed by atoms with van der Waals surface area (Å²) in [7, 11) is 0. The molecule has 6 heteroatoms. The highest BCUT2D eigenvalue weighted by Crippen LogP contribution is 2.42. The van der Waals surface area contributed by atoms with E-state index in [1.807, 2.05) is 0 Å². The van der Waals surface area contributed by atoms with Crippen LogP contribution in [-0.2, 0) is 5.54 Å². The Kier molecular flexibility index (Phi) is 2.43. The fourth-order valence-electron chi connectivity index (χ4n) is 2.00. The first-order chi connectivity index (χ1) is 7.35. The number of halogens is 4. The molecule has 1 fully saturated rings. The van der Waals surface area contributed by atoms with Gasteiger partial charge in [0.1, 0.15) is 0 Å². The molecule has 1 saturated carbocycles. The van der Waals surface area contributed by atoms with Gasteiger partial charge < -0.3 is 10.8 Å². The lowest BCUT2D eigenvalue weighted by Gasteiger charge is -2.42. The van der Waals surface area contributed by atoms with Crippen molar-refractivity contribution in [1.82, 2.24) is 0 Å². The first-order valence-corrected chi connectivity index (χ1v) is 4.65. The molecule has 0 heterocycles. The van der Waals surface area contributed by atoms with Crippen LogP contribution < -0.4 is 5.73 Å². The molecule has 1 aliphatic carbocycles. The van der Waals surface area contributed by atoms with Crippen molar-refractivity contribution in [3.63, 3.8) is 0 Å². The van der Waals surface area contributed by atoms with Gasteiger partial charge in [-0.25, -0.2) is 17.6 Å². The Morgan fingerprint density at radius 1 is 1.12 bits per heavy atom. The molecule has 0 saturated heterocycles. The minimum absolute atomic E-state index is 0.121. The van der Waals surface area contributed by atoms with E-state index in [4.69, 9.17) is 10.8 Å². The summed E-state index contributed by atoms with van der Waals surface area (Å²) in [5.74, 6) is -5.96. The predicted molar refractivity (Wildman–Crippen MR) is 47.4 cm³/mol. The van der Waals surface area contributed by atoms with E-state index in [9.17, 15) is 17.6 Å². The molecule has 3 N–H and O–H groups in total. The first kappa shape index (κ1) is 11.3. The lowest BCUT2D eigenvalue weighted by molar-refractivity contribution is 0.0167. The van der Waals surface area contributed by atoms with Crippen molar-refractivity contribution < 1.29 is 22.7 Å². The summed E-state index contributed by atoms with van der Waals surface area (Å²) in [5, 5.41) is 9.05. The molecule has 0 radical (unpaired) electrons. The van der Waals surface area contributed by atoms with E-state index in [0.29, 0.717) is 0 Å². The predicted octanol–water partition coefficient (Wildman–Crippen LogP) is 1.55. The number of hydrogen-bond donors (Lipinski definition) is 2. The van der Waals surface area contributed by atoms with E-state index < -0.39 is 40.5 Å². The number of nitrogens with two attached hydrogens (primary N) is 1. The Morgan fingerprint density at radius 2 is 1.56 bits per heavy atom. The molecule has 1 aromatic rings. The molecule has 2 rings (SSSR count). The third-order valence-corrected chi connectivity index (χ3v) is 2.81. The Labute approximate surface area is 88.7 Å². The van der Waals surface area contributed by atoms with Crippen LogP contribution in [0.15, 0.2) is 6.07 Å². The van der Waals surface area contributed by atoms with Gasteiger partial charge in [-0.1, -0.05) is 0 Å². The van der Waals surface area contributed by atoms with Gasteiger partial charge in [-0.05, 0) is 12.8 Å².